The maximum absolute atomic E-state index is 12.0. The Bertz CT molecular complexity index is 728. The third kappa shape index (κ3) is 2.84. The van der Waals surface area contributed by atoms with Crippen molar-refractivity contribution < 1.29 is 4.79 Å². The van der Waals surface area contributed by atoms with Gasteiger partial charge in [0, 0.05) is 19.8 Å². The Kier molecular flexibility index (Phi) is 3.51. The van der Waals surface area contributed by atoms with Crippen molar-refractivity contribution in [1.29, 1.82) is 0 Å². The van der Waals surface area contributed by atoms with E-state index in [2.05, 4.69) is 20.5 Å². The fourth-order valence-corrected chi connectivity index (χ4v) is 2.07. The molecule has 106 valence electrons. The van der Waals surface area contributed by atoms with Crippen LogP contribution in [0.1, 0.15) is 16.1 Å². The normalized spacial score (nSPS) is 10.5. The lowest BCUT2D eigenvalue weighted by Gasteiger charge is -2.06. The predicted octanol–water partition coefficient (Wildman–Crippen LogP) is 1.74. The maximum atomic E-state index is 12.0. The zero-order valence-electron chi connectivity index (χ0n) is 11.6. The van der Waals surface area contributed by atoms with Crippen LogP contribution < -0.4 is 5.32 Å². The topological polar surface area (TPSA) is 75.6 Å². The van der Waals surface area contributed by atoms with Crippen molar-refractivity contribution in [1.82, 2.24) is 25.1 Å². The Morgan fingerprint density at radius 2 is 2.10 bits per heavy atom. The van der Waals surface area contributed by atoms with Crippen LogP contribution in [0.5, 0.6) is 0 Å². The Morgan fingerprint density at radius 3 is 2.71 bits per heavy atom. The van der Waals surface area contributed by atoms with Crippen molar-refractivity contribution in [2.24, 2.45) is 7.05 Å². The molecular formula is C15H15N5O. The molecule has 21 heavy (non-hydrogen) atoms. The first-order chi connectivity index (χ1) is 10.2. The molecule has 3 rings (SSSR count). The van der Waals surface area contributed by atoms with E-state index in [0.29, 0.717) is 12.2 Å². The Morgan fingerprint density at radius 1 is 1.29 bits per heavy atom. The number of imidazole rings is 1. The molecule has 2 heterocycles. The van der Waals surface area contributed by atoms with E-state index < -0.39 is 0 Å². The third-order valence-electron chi connectivity index (χ3n) is 3.27. The number of benzene rings is 1. The van der Waals surface area contributed by atoms with Gasteiger partial charge in [0.1, 0.15) is 5.69 Å². The summed E-state index contributed by atoms with van der Waals surface area (Å²) in [4.78, 5) is 15.9. The highest BCUT2D eigenvalue weighted by atomic mass is 16.1. The van der Waals surface area contributed by atoms with E-state index in [0.717, 1.165) is 16.8 Å². The first-order valence-corrected chi connectivity index (χ1v) is 6.57. The van der Waals surface area contributed by atoms with Crippen molar-refractivity contribution in [3.8, 4) is 11.3 Å². The van der Waals surface area contributed by atoms with Gasteiger partial charge in [-0.1, -0.05) is 24.3 Å². The van der Waals surface area contributed by atoms with E-state index in [1.54, 1.807) is 30.3 Å². The summed E-state index contributed by atoms with van der Waals surface area (Å²) < 4.78 is 1.69. The van der Waals surface area contributed by atoms with E-state index in [-0.39, 0.29) is 5.91 Å². The molecule has 0 aliphatic heterocycles. The van der Waals surface area contributed by atoms with Gasteiger partial charge in [-0.2, -0.15) is 5.10 Å². The van der Waals surface area contributed by atoms with Crippen LogP contribution in [0.15, 0.2) is 49.1 Å². The van der Waals surface area contributed by atoms with E-state index >= 15 is 0 Å². The molecule has 0 unspecified atom stereocenters. The molecule has 0 saturated carbocycles. The molecule has 3 aromatic rings. The summed E-state index contributed by atoms with van der Waals surface area (Å²) in [6, 6.07) is 9.89. The largest absolute Gasteiger partial charge is 0.347 e. The number of nitrogens with zero attached hydrogens (tertiary/aromatic N) is 3. The van der Waals surface area contributed by atoms with Crippen molar-refractivity contribution in [3.63, 3.8) is 0 Å². The van der Waals surface area contributed by atoms with Gasteiger partial charge in [0.05, 0.1) is 18.2 Å². The zero-order chi connectivity index (χ0) is 14.7. The molecule has 0 spiro atoms. The molecule has 0 aliphatic carbocycles. The molecular weight excluding hydrogens is 266 g/mol. The van der Waals surface area contributed by atoms with Crippen LogP contribution in [-0.2, 0) is 13.6 Å². The number of carbonyl (C=O) groups excluding carboxylic acids is 1. The zero-order valence-corrected chi connectivity index (χ0v) is 11.6. The number of hydrogen-bond acceptors (Lipinski definition) is 3. The van der Waals surface area contributed by atoms with Gasteiger partial charge in [0.2, 0.25) is 0 Å². The molecule has 0 radical (unpaired) electrons. The lowest BCUT2D eigenvalue weighted by molar-refractivity contribution is 0.0942. The average Bonchev–Trinajstić information content (AvgIpc) is 3.16. The average molecular weight is 281 g/mol. The van der Waals surface area contributed by atoms with Crippen LogP contribution in [0.3, 0.4) is 0 Å². The van der Waals surface area contributed by atoms with Crippen LogP contribution in [0, 0.1) is 0 Å². The second kappa shape index (κ2) is 5.62. The first-order valence-electron chi connectivity index (χ1n) is 6.57. The van der Waals surface area contributed by atoms with E-state index in [1.165, 1.54) is 0 Å². The molecule has 0 saturated heterocycles. The van der Waals surface area contributed by atoms with Crippen molar-refractivity contribution >= 4 is 5.91 Å². The summed E-state index contributed by atoms with van der Waals surface area (Å²) in [7, 11) is 1.79. The third-order valence-corrected chi connectivity index (χ3v) is 3.27. The summed E-state index contributed by atoms with van der Waals surface area (Å²) in [6.07, 6.45) is 4.88. The number of aromatic nitrogens is 4. The minimum absolute atomic E-state index is 0.132. The van der Waals surface area contributed by atoms with Crippen molar-refractivity contribution in [2.75, 3.05) is 0 Å². The first kappa shape index (κ1) is 13.1. The Labute approximate surface area is 121 Å². The molecule has 0 bridgehead atoms. The van der Waals surface area contributed by atoms with E-state index in [4.69, 9.17) is 0 Å². The van der Waals surface area contributed by atoms with Gasteiger partial charge in [-0.3, -0.25) is 9.89 Å². The highest BCUT2D eigenvalue weighted by molar-refractivity contribution is 5.92. The lowest BCUT2D eigenvalue weighted by atomic mass is 10.1. The van der Waals surface area contributed by atoms with Gasteiger partial charge < -0.3 is 9.88 Å². The van der Waals surface area contributed by atoms with Crippen LogP contribution in [-0.4, -0.2) is 25.7 Å². The van der Waals surface area contributed by atoms with Crippen LogP contribution in [0.4, 0.5) is 0 Å². The summed E-state index contributed by atoms with van der Waals surface area (Å²) in [5.41, 5.74) is 3.62. The van der Waals surface area contributed by atoms with Gasteiger partial charge in [0.15, 0.2) is 0 Å². The van der Waals surface area contributed by atoms with E-state index in [1.807, 2.05) is 30.3 Å². The predicted molar refractivity (Wildman–Crippen MR) is 78.4 cm³/mol. The fourth-order valence-electron chi connectivity index (χ4n) is 2.07. The van der Waals surface area contributed by atoms with Crippen molar-refractivity contribution in [2.45, 2.75) is 6.54 Å². The van der Waals surface area contributed by atoms with Gasteiger partial charge in [0.25, 0.3) is 5.91 Å². The van der Waals surface area contributed by atoms with E-state index in [9.17, 15) is 4.79 Å². The second-order valence-corrected chi connectivity index (χ2v) is 4.74. The summed E-state index contributed by atoms with van der Waals surface area (Å²) in [5, 5.41) is 9.72. The number of hydrogen-bond donors (Lipinski definition) is 2. The van der Waals surface area contributed by atoms with Gasteiger partial charge in [-0.05, 0) is 17.2 Å². The molecule has 6 heteroatoms. The summed E-state index contributed by atoms with van der Waals surface area (Å²) in [5.74, 6) is -0.132. The highest BCUT2D eigenvalue weighted by Crippen LogP contribution is 2.16. The Hall–Kier alpha value is -2.89. The van der Waals surface area contributed by atoms with Crippen LogP contribution in [0.25, 0.3) is 11.3 Å². The summed E-state index contributed by atoms with van der Waals surface area (Å²) in [6.45, 7) is 0.479. The molecule has 1 amide bonds. The second-order valence-electron chi connectivity index (χ2n) is 4.74. The molecule has 6 nitrogen and oxygen atoms in total. The lowest BCUT2D eigenvalue weighted by Crippen LogP contribution is -2.24. The van der Waals surface area contributed by atoms with Crippen LogP contribution >= 0.6 is 0 Å². The Balaban J connectivity index is 1.64. The number of aryl methyl sites for hydroxylation is 1. The smallest absolute Gasteiger partial charge is 0.269 e. The molecule has 0 fully saturated rings. The minimum atomic E-state index is -0.132. The SMILES string of the molecule is Cn1cncc1C(=O)NCc1ccc(-c2ccn[nH]2)cc1. The molecule has 0 aliphatic rings. The number of amides is 1. The quantitative estimate of drug-likeness (QED) is 0.765. The summed E-state index contributed by atoms with van der Waals surface area (Å²) >= 11 is 0. The maximum Gasteiger partial charge on any atom is 0.269 e. The monoisotopic (exact) mass is 281 g/mol. The van der Waals surface area contributed by atoms with Gasteiger partial charge in [-0.15, -0.1) is 0 Å². The standard InChI is InChI=1S/C15H15N5O/c1-20-10-16-9-14(20)15(21)17-8-11-2-4-12(5-3-11)13-6-7-18-19-13/h2-7,9-10H,8H2,1H3,(H,17,21)(H,18,19). The fraction of sp³-hybridized carbons (Fsp3) is 0.133. The molecule has 2 N–H and O–H groups in total. The number of aromatic amines is 1. The van der Waals surface area contributed by atoms with Crippen molar-refractivity contribution in [3.05, 3.63) is 60.3 Å². The van der Waals surface area contributed by atoms with Crippen LogP contribution in [0.2, 0.25) is 0 Å². The van der Waals surface area contributed by atoms with Gasteiger partial charge >= 0.3 is 0 Å². The highest BCUT2D eigenvalue weighted by Gasteiger charge is 2.09. The number of H-pyrrole nitrogens is 1. The molecule has 0 atom stereocenters. The number of rotatable bonds is 4. The number of carbonyl (C=O) groups is 1. The number of nitrogens with one attached hydrogen (secondary N) is 2. The molecule has 1 aromatic carbocycles. The molecule has 2 aromatic heterocycles. The van der Waals surface area contributed by atoms with Gasteiger partial charge in [-0.25, -0.2) is 4.98 Å². The minimum Gasteiger partial charge on any atom is -0.347 e.